The van der Waals surface area contributed by atoms with E-state index in [1.165, 1.54) is 39.4 Å². The van der Waals surface area contributed by atoms with E-state index in [2.05, 4.69) is 51.2 Å². The summed E-state index contributed by atoms with van der Waals surface area (Å²) < 4.78 is 7.09. The highest BCUT2D eigenvalue weighted by Gasteiger charge is 2.12. The van der Waals surface area contributed by atoms with Crippen LogP contribution in [0.15, 0.2) is 44.8 Å². The second-order valence-corrected chi connectivity index (χ2v) is 8.37. The maximum absolute atomic E-state index is 12.1. The molecule has 10 heteroatoms. The summed E-state index contributed by atoms with van der Waals surface area (Å²) in [4.78, 5) is 19.5. The van der Waals surface area contributed by atoms with Crippen LogP contribution in [0.4, 0.5) is 5.69 Å². The molecule has 150 valence electrons. The molecule has 0 aliphatic rings. The van der Waals surface area contributed by atoms with E-state index in [4.69, 9.17) is 4.42 Å². The molecule has 3 heterocycles. The fourth-order valence-electron chi connectivity index (χ4n) is 2.95. The smallest absolute Gasteiger partial charge is 0.277 e. The topological polar surface area (TPSA) is 89.4 Å². The summed E-state index contributed by atoms with van der Waals surface area (Å²) in [5.74, 6) is 0.936. The van der Waals surface area contributed by atoms with E-state index in [-0.39, 0.29) is 5.56 Å². The van der Waals surface area contributed by atoms with Crippen LogP contribution in [0.5, 0.6) is 0 Å². The highest BCUT2D eigenvalue weighted by molar-refractivity contribution is 7.98. The third kappa shape index (κ3) is 4.18. The third-order valence-electron chi connectivity index (χ3n) is 4.39. The highest BCUT2D eigenvalue weighted by atomic mass is 32.2. The molecule has 0 saturated heterocycles. The Morgan fingerprint density at radius 2 is 1.93 bits per heavy atom. The van der Waals surface area contributed by atoms with Crippen LogP contribution < -0.4 is 10.5 Å². The molecule has 4 aromatic rings. The van der Waals surface area contributed by atoms with Gasteiger partial charge in [0.05, 0.1) is 5.69 Å². The molecular weight excluding hydrogens is 408 g/mol. The Hall–Kier alpha value is -2.72. The van der Waals surface area contributed by atoms with Crippen molar-refractivity contribution in [3.05, 3.63) is 51.4 Å². The molecule has 0 spiro atoms. The van der Waals surface area contributed by atoms with Crippen LogP contribution in [0.25, 0.3) is 16.4 Å². The number of benzene rings is 1. The molecule has 29 heavy (non-hydrogen) atoms. The van der Waals surface area contributed by atoms with Gasteiger partial charge in [-0.15, -0.1) is 10.2 Å². The fraction of sp³-hybridized carbons (Fsp3) is 0.316. The minimum atomic E-state index is -0.186. The third-order valence-corrected chi connectivity index (χ3v) is 6.07. The Labute approximate surface area is 175 Å². The number of aryl methyl sites for hydroxylation is 1. The molecule has 0 N–H and O–H groups in total. The minimum Gasteiger partial charge on any atom is -0.411 e. The Morgan fingerprint density at radius 1 is 1.17 bits per heavy atom. The largest absolute Gasteiger partial charge is 0.411 e. The van der Waals surface area contributed by atoms with Gasteiger partial charge in [-0.1, -0.05) is 23.1 Å². The fourth-order valence-corrected chi connectivity index (χ4v) is 4.37. The van der Waals surface area contributed by atoms with Crippen molar-refractivity contribution in [1.82, 2.24) is 24.8 Å². The van der Waals surface area contributed by atoms with Gasteiger partial charge in [-0.3, -0.25) is 4.79 Å². The maximum Gasteiger partial charge on any atom is 0.277 e. The Bertz CT molecular complexity index is 1180. The number of hydrogen-bond acceptors (Lipinski definition) is 9. The monoisotopic (exact) mass is 428 g/mol. The SMILES string of the molecule is CCN(CC)c1ccc(-c2nnc(SCc3cc(=O)n4nc(C)sc4n3)o2)cc1. The van der Waals surface area contributed by atoms with Gasteiger partial charge < -0.3 is 9.32 Å². The quantitative estimate of drug-likeness (QED) is 0.412. The van der Waals surface area contributed by atoms with Crippen LogP contribution in [0.2, 0.25) is 0 Å². The van der Waals surface area contributed by atoms with E-state index in [9.17, 15) is 4.79 Å². The van der Waals surface area contributed by atoms with Gasteiger partial charge in [0.25, 0.3) is 10.8 Å². The molecule has 0 amide bonds. The van der Waals surface area contributed by atoms with Crippen LogP contribution in [0.3, 0.4) is 0 Å². The lowest BCUT2D eigenvalue weighted by molar-refractivity contribution is 0.466. The standard InChI is InChI=1S/C19H20N6O2S2/c1-4-24(5-2)15-8-6-13(7-9-15)17-21-22-19(27-17)28-11-14-10-16(26)25-18(20-14)29-12(3)23-25/h6-10H,4-5,11H2,1-3H3. The first-order valence-corrected chi connectivity index (χ1v) is 11.1. The van der Waals surface area contributed by atoms with Crippen molar-refractivity contribution in [1.29, 1.82) is 0 Å². The van der Waals surface area contributed by atoms with E-state index in [1.807, 2.05) is 19.1 Å². The van der Waals surface area contributed by atoms with E-state index in [0.717, 1.165) is 23.7 Å². The van der Waals surface area contributed by atoms with E-state index < -0.39 is 0 Å². The van der Waals surface area contributed by atoms with Gasteiger partial charge in [-0.05, 0) is 45.0 Å². The summed E-state index contributed by atoms with van der Waals surface area (Å²) in [6.45, 7) is 8.04. The van der Waals surface area contributed by atoms with Gasteiger partial charge in [0.15, 0.2) is 0 Å². The van der Waals surface area contributed by atoms with Crippen molar-refractivity contribution < 1.29 is 4.42 Å². The summed E-state index contributed by atoms with van der Waals surface area (Å²) in [5.41, 5.74) is 2.51. The minimum absolute atomic E-state index is 0.186. The van der Waals surface area contributed by atoms with Gasteiger partial charge in [0, 0.05) is 36.2 Å². The van der Waals surface area contributed by atoms with Crippen molar-refractivity contribution in [3.63, 3.8) is 0 Å². The number of hydrogen-bond donors (Lipinski definition) is 0. The molecule has 8 nitrogen and oxygen atoms in total. The van der Waals surface area contributed by atoms with Gasteiger partial charge in [0.1, 0.15) is 5.01 Å². The zero-order valence-corrected chi connectivity index (χ0v) is 18.0. The van der Waals surface area contributed by atoms with Crippen LogP contribution in [-0.4, -0.2) is 37.9 Å². The van der Waals surface area contributed by atoms with Crippen LogP contribution in [0, 0.1) is 6.92 Å². The van der Waals surface area contributed by atoms with Gasteiger partial charge >= 0.3 is 0 Å². The van der Waals surface area contributed by atoms with Gasteiger partial charge in [-0.2, -0.15) is 9.61 Å². The molecule has 0 bridgehead atoms. The molecule has 0 aliphatic heterocycles. The van der Waals surface area contributed by atoms with E-state index in [1.54, 1.807) is 0 Å². The molecule has 0 aliphatic carbocycles. The van der Waals surface area contributed by atoms with Gasteiger partial charge in [-0.25, -0.2) is 4.98 Å². The van der Waals surface area contributed by atoms with Crippen molar-refractivity contribution in [2.75, 3.05) is 18.0 Å². The molecule has 0 atom stereocenters. The lowest BCUT2D eigenvalue weighted by Gasteiger charge is -2.20. The Kier molecular flexibility index (Phi) is 5.63. The molecule has 0 radical (unpaired) electrons. The van der Waals surface area contributed by atoms with Crippen LogP contribution >= 0.6 is 23.1 Å². The molecule has 0 unspecified atom stereocenters. The zero-order valence-electron chi connectivity index (χ0n) is 16.3. The van der Waals surface area contributed by atoms with Crippen molar-refractivity contribution >= 4 is 33.7 Å². The maximum atomic E-state index is 12.1. The first kappa shape index (κ1) is 19.6. The average Bonchev–Trinajstić information content (AvgIpc) is 3.34. The zero-order chi connectivity index (χ0) is 20.4. The molecule has 1 aromatic carbocycles. The van der Waals surface area contributed by atoms with Gasteiger partial charge in [0.2, 0.25) is 10.9 Å². The summed E-state index contributed by atoms with van der Waals surface area (Å²) in [7, 11) is 0. The normalized spacial score (nSPS) is 11.3. The van der Waals surface area contributed by atoms with E-state index in [0.29, 0.717) is 27.5 Å². The van der Waals surface area contributed by atoms with Crippen molar-refractivity contribution in [2.24, 2.45) is 0 Å². The van der Waals surface area contributed by atoms with Crippen LogP contribution in [-0.2, 0) is 5.75 Å². The summed E-state index contributed by atoms with van der Waals surface area (Å²) >= 11 is 2.74. The van der Waals surface area contributed by atoms with Crippen molar-refractivity contribution in [2.45, 2.75) is 31.7 Å². The number of nitrogens with zero attached hydrogens (tertiary/aromatic N) is 6. The first-order valence-electron chi connectivity index (χ1n) is 9.25. The number of thioether (sulfide) groups is 1. The number of aromatic nitrogens is 5. The molecule has 0 fully saturated rings. The van der Waals surface area contributed by atoms with Crippen LogP contribution in [0.1, 0.15) is 24.5 Å². The highest BCUT2D eigenvalue weighted by Crippen LogP contribution is 2.27. The summed E-state index contributed by atoms with van der Waals surface area (Å²) in [5, 5.41) is 13.6. The second kappa shape index (κ2) is 8.34. The predicted molar refractivity (Wildman–Crippen MR) is 115 cm³/mol. The summed E-state index contributed by atoms with van der Waals surface area (Å²) in [6.07, 6.45) is 0. The number of fused-ring (bicyclic) bond motifs is 1. The first-order chi connectivity index (χ1) is 14.1. The molecule has 3 aromatic heterocycles. The Balaban J connectivity index is 1.46. The Morgan fingerprint density at radius 3 is 2.66 bits per heavy atom. The number of anilines is 1. The van der Waals surface area contributed by atoms with E-state index >= 15 is 0 Å². The van der Waals surface area contributed by atoms with Crippen molar-refractivity contribution in [3.8, 4) is 11.5 Å². The molecule has 4 rings (SSSR count). The predicted octanol–water partition coefficient (Wildman–Crippen LogP) is 3.65. The lowest BCUT2D eigenvalue weighted by Crippen LogP contribution is -2.21. The average molecular weight is 429 g/mol. The number of rotatable bonds is 7. The molecule has 0 saturated carbocycles. The molecular formula is C19H20N6O2S2. The second-order valence-electron chi connectivity index (χ2n) is 6.28. The summed E-state index contributed by atoms with van der Waals surface area (Å²) in [6, 6.07) is 9.57. The lowest BCUT2D eigenvalue weighted by atomic mass is 10.2.